The molecule has 3 rings (SSSR count). The third-order valence-electron chi connectivity index (χ3n) is 5.27. The zero-order chi connectivity index (χ0) is 21.0. The number of aryl methyl sites for hydroxylation is 1. The molecule has 1 amide bonds. The van der Waals surface area contributed by atoms with Gasteiger partial charge in [0.1, 0.15) is 5.69 Å². The summed E-state index contributed by atoms with van der Waals surface area (Å²) in [5.41, 5.74) is 2.77. The van der Waals surface area contributed by atoms with E-state index in [1.54, 1.807) is 0 Å². The van der Waals surface area contributed by atoms with Crippen molar-refractivity contribution in [1.82, 2.24) is 19.6 Å². The van der Waals surface area contributed by atoms with Crippen LogP contribution in [0, 0.1) is 5.92 Å². The zero-order valence-corrected chi connectivity index (χ0v) is 18.3. The number of carbonyl (C=O) groups excluding carboxylic acids is 1. The van der Waals surface area contributed by atoms with Crippen LogP contribution >= 0.6 is 0 Å². The molecule has 1 aromatic heterocycles. The molecule has 0 unspecified atom stereocenters. The van der Waals surface area contributed by atoms with Crippen LogP contribution < -0.4 is 0 Å². The van der Waals surface area contributed by atoms with Gasteiger partial charge in [-0.15, -0.1) is 0 Å². The van der Waals surface area contributed by atoms with Crippen LogP contribution in [-0.2, 0) is 17.7 Å². The number of ether oxygens (including phenoxy) is 1. The smallest absolute Gasteiger partial charge is 0.272 e. The van der Waals surface area contributed by atoms with Crippen molar-refractivity contribution in [3.8, 4) is 0 Å². The van der Waals surface area contributed by atoms with E-state index < -0.39 is 0 Å². The first kappa shape index (κ1) is 21.5. The average molecular weight is 399 g/mol. The summed E-state index contributed by atoms with van der Waals surface area (Å²) in [4.78, 5) is 17.8. The quantitative estimate of drug-likeness (QED) is 0.718. The highest BCUT2D eigenvalue weighted by Gasteiger charge is 2.38. The standard InChI is InChI=1S/C23H34N4O2/c1-6-27-20(15-19(24-27)14-17(2)3)23(28)26-12-13-29-21(16-25(4)5)22(26)18-10-8-7-9-11-18/h7-11,15,17,21-22H,6,12-14,16H2,1-5H3/t21-,22-/m0/s1. The minimum atomic E-state index is -0.117. The van der Waals surface area contributed by atoms with Gasteiger partial charge in [-0.1, -0.05) is 44.2 Å². The molecule has 29 heavy (non-hydrogen) atoms. The minimum Gasteiger partial charge on any atom is -0.373 e. The Balaban J connectivity index is 1.96. The molecule has 2 aromatic rings. The average Bonchev–Trinajstić information content (AvgIpc) is 3.09. The van der Waals surface area contributed by atoms with Crippen LogP contribution in [0.2, 0.25) is 0 Å². The summed E-state index contributed by atoms with van der Waals surface area (Å²) in [6.07, 6.45) is 0.806. The fraction of sp³-hybridized carbons (Fsp3) is 0.565. The molecule has 158 valence electrons. The Morgan fingerprint density at radius 2 is 2.00 bits per heavy atom. The second-order valence-corrected chi connectivity index (χ2v) is 8.46. The van der Waals surface area contributed by atoms with Crippen molar-refractivity contribution >= 4 is 5.91 Å². The predicted molar refractivity (Wildman–Crippen MR) is 115 cm³/mol. The molecule has 0 radical (unpaired) electrons. The molecule has 2 heterocycles. The molecule has 1 aromatic carbocycles. The van der Waals surface area contributed by atoms with Crippen molar-refractivity contribution in [3.05, 3.63) is 53.3 Å². The molecular weight excluding hydrogens is 364 g/mol. The minimum absolute atomic E-state index is 0.0373. The van der Waals surface area contributed by atoms with E-state index in [2.05, 4.69) is 36.0 Å². The van der Waals surface area contributed by atoms with E-state index in [1.807, 2.05) is 54.9 Å². The molecular formula is C23H34N4O2. The molecule has 6 nitrogen and oxygen atoms in total. The molecule has 0 spiro atoms. The van der Waals surface area contributed by atoms with Crippen molar-refractivity contribution in [2.75, 3.05) is 33.8 Å². The lowest BCUT2D eigenvalue weighted by molar-refractivity contribution is -0.0687. The topological polar surface area (TPSA) is 50.6 Å². The Kier molecular flexibility index (Phi) is 7.09. The molecule has 6 heteroatoms. The highest BCUT2D eigenvalue weighted by molar-refractivity contribution is 5.93. The van der Waals surface area contributed by atoms with E-state index in [0.29, 0.717) is 31.3 Å². The SMILES string of the molecule is CCn1nc(CC(C)C)cc1C(=O)N1CCO[C@@H](CN(C)C)[C@@H]1c1ccccc1. The van der Waals surface area contributed by atoms with Gasteiger partial charge < -0.3 is 14.5 Å². The van der Waals surface area contributed by atoms with Gasteiger partial charge in [0.05, 0.1) is 24.4 Å². The fourth-order valence-electron chi connectivity index (χ4n) is 4.07. The number of benzene rings is 1. The van der Waals surface area contributed by atoms with Crippen LogP contribution in [0.3, 0.4) is 0 Å². The predicted octanol–water partition coefficient (Wildman–Crippen LogP) is 3.25. The number of rotatable bonds is 7. The van der Waals surface area contributed by atoms with Gasteiger partial charge in [0, 0.05) is 19.6 Å². The highest BCUT2D eigenvalue weighted by atomic mass is 16.5. The van der Waals surface area contributed by atoms with Crippen LogP contribution in [0.5, 0.6) is 0 Å². The maximum absolute atomic E-state index is 13.7. The summed E-state index contributed by atoms with van der Waals surface area (Å²) >= 11 is 0. The number of aromatic nitrogens is 2. The molecule has 1 saturated heterocycles. The Hall–Kier alpha value is -2.18. The number of amides is 1. The van der Waals surface area contributed by atoms with Crippen molar-refractivity contribution in [1.29, 1.82) is 0 Å². The summed E-state index contributed by atoms with van der Waals surface area (Å²) in [6.45, 7) is 8.95. The van der Waals surface area contributed by atoms with E-state index in [1.165, 1.54) is 0 Å². The number of carbonyl (C=O) groups is 1. The first-order chi connectivity index (χ1) is 13.9. The lowest BCUT2D eigenvalue weighted by atomic mass is 9.97. The van der Waals surface area contributed by atoms with Crippen LogP contribution in [-0.4, -0.2) is 65.4 Å². The van der Waals surface area contributed by atoms with Crippen LogP contribution in [0.1, 0.15) is 48.6 Å². The van der Waals surface area contributed by atoms with Gasteiger partial charge in [-0.2, -0.15) is 5.10 Å². The first-order valence-electron chi connectivity index (χ1n) is 10.6. The van der Waals surface area contributed by atoms with E-state index in [0.717, 1.165) is 24.2 Å². The summed E-state index contributed by atoms with van der Waals surface area (Å²) in [7, 11) is 4.08. The van der Waals surface area contributed by atoms with Gasteiger partial charge in [-0.05, 0) is 45.0 Å². The lowest BCUT2D eigenvalue weighted by Crippen LogP contribution is -2.51. The van der Waals surface area contributed by atoms with Gasteiger partial charge >= 0.3 is 0 Å². The molecule has 1 fully saturated rings. The second-order valence-electron chi connectivity index (χ2n) is 8.46. The van der Waals surface area contributed by atoms with E-state index in [9.17, 15) is 4.79 Å². The number of hydrogen-bond acceptors (Lipinski definition) is 4. The van der Waals surface area contributed by atoms with Gasteiger partial charge in [-0.3, -0.25) is 9.48 Å². The second kappa shape index (κ2) is 9.55. The third kappa shape index (κ3) is 5.06. The summed E-state index contributed by atoms with van der Waals surface area (Å²) in [6, 6.07) is 12.1. The van der Waals surface area contributed by atoms with Crippen molar-refractivity contribution < 1.29 is 9.53 Å². The molecule has 1 aliphatic heterocycles. The lowest BCUT2D eigenvalue weighted by Gasteiger charge is -2.42. The molecule has 0 N–H and O–H groups in total. The Bertz CT molecular complexity index is 800. The van der Waals surface area contributed by atoms with Gasteiger partial charge in [0.15, 0.2) is 0 Å². The summed E-state index contributed by atoms with van der Waals surface area (Å²) < 4.78 is 7.97. The van der Waals surface area contributed by atoms with Gasteiger partial charge in [-0.25, -0.2) is 0 Å². The maximum atomic E-state index is 13.7. The molecule has 0 saturated carbocycles. The Morgan fingerprint density at radius 3 is 2.62 bits per heavy atom. The maximum Gasteiger partial charge on any atom is 0.272 e. The van der Waals surface area contributed by atoms with E-state index in [4.69, 9.17) is 4.74 Å². The van der Waals surface area contributed by atoms with Crippen LogP contribution in [0.4, 0.5) is 0 Å². The molecule has 1 aliphatic rings. The summed E-state index contributed by atoms with van der Waals surface area (Å²) in [5.74, 6) is 0.540. The van der Waals surface area contributed by atoms with E-state index in [-0.39, 0.29) is 18.1 Å². The molecule has 2 atom stereocenters. The van der Waals surface area contributed by atoms with Crippen molar-refractivity contribution in [2.45, 2.75) is 45.9 Å². The summed E-state index contributed by atoms with van der Waals surface area (Å²) in [5, 5.41) is 4.68. The highest BCUT2D eigenvalue weighted by Crippen LogP contribution is 2.31. The van der Waals surface area contributed by atoms with Crippen molar-refractivity contribution in [3.63, 3.8) is 0 Å². The Morgan fingerprint density at radius 1 is 1.28 bits per heavy atom. The third-order valence-corrected chi connectivity index (χ3v) is 5.27. The number of nitrogens with zero attached hydrogens (tertiary/aromatic N) is 4. The van der Waals surface area contributed by atoms with Gasteiger partial charge in [0.2, 0.25) is 0 Å². The molecule has 0 aliphatic carbocycles. The fourth-order valence-corrected chi connectivity index (χ4v) is 4.07. The number of morpholine rings is 1. The largest absolute Gasteiger partial charge is 0.373 e. The monoisotopic (exact) mass is 398 g/mol. The van der Waals surface area contributed by atoms with E-state index >= 15 is 0 Å². The van der Waals surface area contributed by atoms with Crippen molar-refractivity contribution in [2.24, 2.45) is 5.92 Å². The first-order valence-corrected chi connectivity index (χ1v) is 10.6. The van der Waals surface area contributed by atoms with Crippen LogP contribution in [0.15, 0.2) is 36.4 Å². The van der Waals surface area contributed by atoms with Crippen LogP contribution in [0.25, 0.3) is 0 Å². The Labute approximate surface area is 174 Å². The number of likely N-dealkylation sites (N-methyl/N-ethyl adjacent to an activating group) is 1. The zero-order valence-electron chi connectivity index (χ0n) is 18.3. The molecule has 0 bridgehead atoms. The normalized spacial score (nSPS) is 19.9. The van der Waals surface area contributed by atoms with Gasteiger partial charge in [0.25, 0.3) is 5.91 Å². The number of hydrogen-bond donors (Lipinski definition) is 0.